The van der Waals surface area contributed by atoms with Gasteiger partial charge in [-0.25, -0.2) is 0 Å². The van der Waals surface area contributed by atoms with Crippen LogP contribution in [0.25, 0.3) is 0 Å². The van der Waals surface area contributed by atoms with Crippen molar-refractivity contribution >= 4 is 11.6 Å². The number of halogens is 1. The Kier molecular flexibility index (Phi) is 5.38. The molecule has 0 aromatic heterocycles. The molecule has 1 atom stereocenters. The Hall–Kier alpha value is -0.260. The van der Waals surface area contributed by atoms with E-state index in [0.29, 0.717) is 11.8 Å². The molecule has 0 aromatic carbocycles. The van der Waals surface area contributed by atoms with E-state index in [1.165, 1.54) is 0 Å². The summed E-state index contributed by atoms with van der Waals surface area (Å²) in [5.74, 6) is 0.933. The molecule has 0 amide bonds. The Bertz CT molecular complexity index is 117. The number of alkyl halides is 1. The lowest BCUT2D eigenvalue weighted by atomic mass is 10.2. The van der Waals surface area contributed by atoms with Gasteiger partial charge in [-0.1, -0.05) is 13.8 Å². The van der Waals surface area contributed by atoms with Crippen LogP contribution in [-0.4, -0.2) is 18.5 Å². The van der Waals surface area contributed by atoms with E-state index in [2.05, 4.69) is 25.2 Å². The molecule has 0 aliphatic carbocycles. The number of nitriles is 1. The van der Waals surface area contributed by atoms with Crippen molar-refractivity contribution in [3.05, 3.63) is 0 Å². The van der Waals surface area contributed by atoms with Crippen molar-refractivity contribution in [3.63, 3.8) is 0 Å². The topological polar surface area (TPSA) is 35.8 Å². The minimum absolute atomic E-state index is 0.191. The van der Waals surface area contributed by atoms with Gasteiger partial charge < -0.3 is 5.32 Å². The van der Waals surface area contributed by atoms with E-state index in [0.717, 1.165) is 6.54 Å². The van der Waals surface area contributed by atoms with Crippen LogP contribution in [0.3, 0.4) is 0 Å². The Labute approximate surface area is 67.2 Å². The van der Waals surface area contributed by atoms with Crippen molar-refractivity contribution in [2.24, 2.45) is 5.92 Å². The molecule has 0 bridgehead atoms. The van der Waals surface area contributed by atoms with Crippen molar-refractivity contribution in [2.45, 2.75) is 19.9 Å². The molecule has 0 aliphatic heterocycles. The van der Waals surface area contributed by atoms with Gasteiger partial charge in [0.15, 0.2) is 0 Å². The van der Waals surface area contributed by atoms with Gasteiger partial charge in [-0.3, -0.25) is 0 Å². The number of nitrogens with one attached hydrogen (secondary N) is 1. The zero-order valence-corrected chi connectivity index (χ0v) is 7.15. The number of rotatable bonds is 4. The predicted molar refractivity (Wildman–Crippen MR) is 43.0 cm³/mol. The maximum absolute atomic E-state index is 8.44. The first-order chi connectivity index (χ1) is 4.70. The highest BCUT2D eigenvalue weighted by Gasteiger charge is 2.03. The van der Waals surface area contributed by atoms with Crippen LogP contribution in [0, 0.1) is 17.2 Å². The lowest BCUT2D eigenvalue weighted by molar-refractivity contribution is 0.534. The van der Waals surface area contributed by atoms with E-state index in [4.69, 9.17) is 16.9 Å². The van der Waals surface area contributed by atoms with Gasteiger partial charge in [0.05, 0.1) is 11.9 Å². The molecule has 1 N–H and O–H groups in total. The summed E-state index contributed by atoms with van der Waals surface area (Å²) in [4.78, 5) is 0. The van der Waals surface area contributed by atoms with Gasteiger partial charge >= 0.3 is 0 Å². The van der Waals surface area contributed by atoms with Gasteiger partial charge in [0.25, 0.3) is 0 Å². The Balaban J connectivity index is 3.38. The molecule has 0 saturated heterocycles. The largest absolute Gasteiger partial charge is 0.301 e. The van der Waals surface area contributed by atoms with Crippen LogP contribution >= 0.6 is 11.6 Å². The quantitative estimate of drug-likeness (QED) is 0.631. The van der Waals surface area contributed by atoms with Crippen LogP contribution in [0.5, 0.6) is 0 Å². The zero-order valence-electron chi connectivity index (χ0n) is 6.39. The van der Waals surface area contributed by atoms with E-state index < -0.39 is 0 Å². The van der Waals surface area contributed by atoms with Gasteiger partial charge in [-0.05, 0) is 12.5 Å². The van der Waals surface area contributed by atoms with E-state index in [1.807, 2.05) is 0 Å². The molecule has 0 saturated carbocycles. The van der Waals surface area contributed by atoms with Gasteiger partial charge in [0.1, 0.15) is 6.04 Å². The first kappa shape index (κ1) is 9.74. The van der Waals surface area contributed by atoms with Crippen molar-refractivity contribution in [2.75, 3.05) is 12.4 Å². The molecule has 0 heterocycles. The maximum atomic E-state index is 8.44. The third-order valence-electron chi connectivity index (χ3n) is 1.08. The van der Waals surface area contributed by atoms with Crippen LogP contribution in [0.15, 0.2) is 0 Å². The van der Waals surface area contributed by atoms with E-state index in [9.17, 15) is 0 Å². The fourth-order valence-corrected chi connectivity index (χ4v) is 0.691. The van der Waals surface area contributed by atoms with E-state index in [-0.39, 0.29) is 6.04 Å². The average molecular weight is 161 g/mol. The van der Waals surface area contributed by atoms with Crippen molar-refractivity contribution in [1.29, 1.82) is 5.26 Å². The zero-order chi connectivity index (χ0) is 7.98. The average Bonchev–Trinajstić information content (AvgIpc) is 1.90. The molecular formula is C7H13ClN2. The van der Waals surface area contributed by atoms with E-state index in [1.54, 1.807) is 0 Å². The van der Waals surface area contributed by atoms with Gasteiger partial charge in [-0.2, -0.15) is 5.26 Å². The standard InChI is InChI=1S/C7H13ClN2/c1-6(2)5-10-7(3-8)4-9/h6-7,10H,3,5H2,1-2H3. The lowest BCUT2D eigenvalue weighted by Gasteiger charge is -2.09. The van der Waals surface area contributed by atoms with Crippen LogP contribution in [0.4, 0.5) is 0 Å². The number of hydrogen-bond acceptors (Lipinski definition) is 2. The van der Waals surface area contributed by atoms with Crippen LogP contribution in [0.2, 0.25) is 0 Å². The Morgan fingerprint density at radius 1 is 1.60 bits per heavy atom. The molecule has 0 radical (unpaired) electrons. The summed E-state index contributed by atoms with van der Waals surface area (Å²) in [5, 5.41) is 11.5. The first-order valence-corrected chi connectivity index (χ1v) is 3.93. The fourth-order valence-electron chi connectivity index (χ4n) is 0.513. The molecule has 0 aromatic rings. The SMILES string of the molecule is CC(C)CNC(C#N)CCl. The number of hydrogen-bond donors (Lipinski definition) is 1. The molecule has 0 fully saturated rings. The number of nitrogens with zero attached hydrogens (tertiary/aromatic N) is 1. The predicted octanol–water partition coefficient (Wildman–Crippen LogP) is 1.36. The normalized spacial score (nSPS) is 13.1. The van der Waals surface area contributed by atoms with Gasteiger partial charge in [-0.15, -0.1) is 11.6 Å². The highest BCUT2D eigenvalue weighted by molar-refractivity contribution is 6.18. The minimum Gasteiger partial charge on any atom is -0.301 e. The molecule has 3 heteroatoms. The minimum atomic E-state index is -0.191. The fraction of sp³-hybridized carbons (Fsp3) is 0.857. The highest BCUT2D eigenvalue weighted by Crippen LogP contribution is 1.91. The summed E-state index contributed by atoms with van der Waals surface area (Å²) in [6.07, 6.45) is 0. The van der Waals surface area contributed by atoms with Gasteiger partial charge in [0, 0.05) is 0 Å². The van der Waals surface area contributed by atoms with Crippen molar-refractivity contribution < 1.29 is 0 Å². The summed E-state index contributed by atoms with van der Waals surface area (Å²) in [6, 6.07) is 1.87. The highest BCUT2D eigenvalue weighted by atomic mass is 35.5. The summed E-state index contributed by atoms with van der Waals surface area (Å²) in [7, 11) is 0. The smallest absolute Gasteiger partial charge is 0.109 e. The van der Waals surface area contributed by atoms with Crippen LogP contribution in [0.1, 0.15) is 13.8 Å². The van der Waals surface area contributed by atoms with E-state index >= 15 is 0 Å². The monoisotopic (exact) mass is 160 g/mol. The maximum Gasteiger partial charge on any atom is 0.109 e. The molecule has 10 heavy (non-hydrogen) atoms. The second kappa shape index (κ2) is 5.52. The molecule has 2 nitrogen and oxygen atoms in total. The van der Waals surface area contributed by atoms with Gasteiger partial charge in [0.2, 0.25) is 0 Å². The summed E-state index contributed by atoms with van der Waals surface area (Å²) < 4.78 is 0. The van der Waals surface area contributed by atoms with Crippen molar-refractivity contribution in [3.8, 4) is 6.07 Å². The Morgan fingerprint density at radius 3 is 2.50 bits per heavy atom. The molecule has 0 spiro atoms. The van der Waals surface area contributed by atoms with Crippen LogP contribution in [-0.2, 0) is 0 Å². The summed E-state index contributed by atoms with van der Waals surface area (Å²) >= 11 is 5.47. The lowest BCUT2D eigenvalue weighted by Crippen LogP contribution is -2.32. The Morgan fingerprint density at radius 2 is 2.20 bits per heavy atom. The second-order valence-corrected chi connectivity index (χ2v) is 2.95. The molecule has 0 rings (SSSR count). The summed E-state index contributed by atoms with van der Waals surface area (Å²) in [6.45, 7) is 5.04. The first-order valence-electron chi connectivity index (χ1n) is 3.39. The third kappa shape index (κ3) is 4.60. The summed E-state index contributed by atoms with van der Waals surface area (Å²) in [5.41, 5.74) is 0. The molecule has 58 valence electrons. The second-order valence-electron chi connectivity index (χ2n) is 2.64. The molecular weight excluding hydrogens is 148 g/mol. The van der Waals surface area contributed by atoms with Crippen LogP contribution < -0.4 is 5.32 Å². The molecule has 0 aliphatic rings. The third-order valence-corrected chi connectivity index (χ3v) is 1.39. The molecule has 1 unspecified atom stereocenters. The van der Waals surface area contributed by atoms with Crippen molar-refractivity contribution in [1.82, 2.24) is 5.32 Å².